The van der Waals surface area contributed by atoms with Crippen LogP contribution in [0.3, 0.4) is 0 Å². The number of amides is 1. The zero-order valence-electron chi connectivity index (χ0n) is 19.4. The van der Waals surface area contributed by atoms with Gasteiger partial charge in [0.1, 0.15) is 5.75 Å². The Labute approximate surface area is 207 Å². The Morgan fingerprint density at radius 3 is 2.54 bits per heavy atom. The van der Waals surface area contributed by atoms with Crippen LogP contribution in [-0.2, 0) is 14.8 Å². The molecule has 0 atom stereocenters. The van der Waals surface area contributed by atoms with Gasteiger partial charge in [0.2, 0.25) is 15.9 Å². The van der Waals surface area contributed by atoms with Gasteiger partial charge in [0.25, 0.3) is 0 Å². The second-order valence-corrected chi connectivity index (χ2v) is 11.2. The highest BCUT2D eigenvalue weighted by Crippen LogP contribution is 2.28. The van der Waals surface area contributed by atoms with E-state index < -0.39 is 10.0 Å². The van der Waals surface area contributed by atoms with E-state index in [9.17, 15) is 13.2 Å². The molecule has 0 spiro atoms. The molecule has 3 heterocycles. The van der Waals surface area contributed by atoms with Crippen molar-refractivity contribution in [2.45, 2.75) is 29.8 Å². The van der Waals surface area contributed by atoms with Gasteiger partial charge < -0.3 is 10.1 Å². The summed E-state index contributed by atoms with van der Waals surface area (Å²) < 4.78 is 34.2. The molecule has 1 N–H and O–H groups in total. The number of pyridine rings is 1. The zero-order chi connectivity index (χ0) is 24.6. The maximum Gasteiger partial charge on any atom is 0.243 e. The molecule has 5 rings (SSSR count). The summed E-state index contributed by atoms with van der Waals surface area (Å²) in [5.74, 6) is 0.616. The van der Waals surface area contributed by atoms with Crippen LogP contribution in [0.15, 0.2) is 58.6 Å². The van der Waals surface area contributed by atoms with E-state index in [4.69, 9.17) is 4.74 Å². The Morgan fingerprint density at radius 1 is 1.09 bits per heavy atom. The molecule has 0 unspecified atom stereocenters. The Balaban J connectivity index is 1.30. The van der Waals surface area contributed by atoms with E-state index in [2.05, 4.69) is 15.5 Å². The molecule has 9 nitrogen and oxygen atoms in total. The molecule has 0 radical (unpaired) electrons. The van der Waals surface area contributed by atoms with E-state index in [1.165, 1.54) is 28.2 Å². The van der Waals surface area contributed by atoms with Gasteiger partial charge in [-0.05, 0) is 73.2 Å². The van der Waals surface area contributed by atoms with Gasteiger partial charge in [0.05, 0.1) is 23.3 Å². The first-order valence-corrected chi connectivity index (χ1v) is 13.6. The van der Waals surface area contributed by atoms with Gasteiger partial charge in [0, 0.05) is 24.8 Å². The number of carbonyl (C=O) groups is 1. The Kier molecular flexibility index (Phi) is 6.39. The van der Waals surface area contributed by atoms with Gasteiger partial charge in [-0.1, -0.05) is 11.8 Å². The van der Waals surface area contributed by atoms with Crippen molar-refractivity contribution in [1.29, 1.82) is 0 Å². The third-order valence-corrected chi connectivity index (χ3v) is 8.85. The SMILES string of the molecule is COc1ccc2cc(C)c3nnc(SCC(=O)Nc4ccc(S(=O)(=O)N5CCCC5)cc4)n3c2c1. The summed E-state index contributed by atoms with van der Waals surface area (Å²) in [6, 6.07) is 14.1. The van der Waals surface area contributed by atoms with Gasteiger partial charge >= 0.3 is 0 Å². The predicted molar refractivity (Wildman–Crippen MR) is 136 cm³/mol. The number of rotatable bonds is 7. The lowest BCUT2D eigenvalue weighted by atomic mass is 10.1. The van der Waals surface area contributed by atoms with Crippen LogP contribution in [0.25, 0.3) is 16.6 Å². The van der Waals surface area contributed by atoms with E-state index in [0.29, 0.717) is 23.9 Å². The predicted octanol–water partition coefficient (Wildman–Crippen LogP) is 3.71. The molecular weight excluding hydrogens is 486 g/mol. The van der Waals surface area contributed by atoms with Crippen LogP contribution < -0.4 is 10.1 Å². The van der Waals surface area contributed by atoms with Crippen LogP contribution in [0.2, 0.25) is 0 Å². The molecule has 1 aliphatic heterocycles. The molecule has 4 aromatic rings. The normalized spacial score (nSPS) is 14.6. The fraction of sp³-hybridized carbons (Fsp3) is 0.292. The Morgan fingerprint density at radius 2 is 1.83 bits per heavy atom. The average molecular weight is 512 g/mol. The number of carbonyl (C=O) groups excluding carboxylic acids is 1. The molecule has 35 heavy (non-hydrogen) atoms. The average Bonchev–Trinajstić information content (AvgIpc) is 3.54. The minimum Gasteiger partial charge on any atom is -0.497 e. The molecule has 1 amide bonds. The first-order chi connectivity index (χ1) is 16.9. The number of benzene rings is 2. The second kappa shape index (κ2) is 9.48. The van der Waals surface area contributed by atoms with Gasteiger partial charge in [-0.15, -0.1) is 10.2 Å². The number of hydrogen-bond acceptors (Lipinski definition) is 7. The van der Waals surface area contributed by atoms with E-state index >= 15 is 0 Å². The van der Waals surface area contributed by atoms with Crippen LogP contribution in [0.4, 0.5) is 5.69 Å². The third-order valence-electron chi connectivity index (χ3n) is 6.01. The monoisotopic (exact) mass is 511 g/mol. The molecule has 1 saturated heterocycles. The van der Waals surface area contributed by atoms with Gasteiger partial charge in [0.15, 0.2) is 10.8 Å². The van der Waals surface area contributed by atoms with E-state index in [-0.39, 0.29) is 16.6 Å². The van der Waals surface area contributed by atoms with Crippen molar-refractivity contribution >= 4 is 49.9 Å². The second-order valence-electron chi connectivity index (χ2n) is 8.37. The highest BCUT2D eigenvalue weighted by molar-refractivity contribution is 7.99. The van der Waals surface area contributed by atoms with E-state index in [0.717, 1.165) is 40.7 Å². The van der Waals surface area contributed by atoms with Gasteiger partial charge in [-0.2, -0.15) is 4.31 Å². The zero-order valence-corrected chi connectivity index (χ0v) is 21.0. The summed E-state index contributed by atoms with van der Waals surface area (Å²) in [5.41, 5.74) is 3.14. The standard InChI is InChI=1S/C24H25N5O4S2/c1-16-13-17-5-8-19(33-2)14-21(17)29-23(16)26-27-24(29)34-15-22(30)25-18-6-9-20(10-7-18)35(31,32)28-11-3-4-12-28/h5-10,13-14H,3-4,11-12,15H2,1-2H3,(H,25,30). The minimum atomic E-state index is -3.48. The van der Waals surface area contributed by atoms with Crippen molar-refractivity contribution in [2.75, 3.05) is 31.3 Å². The Bertz CT molecular complexity index is 1510. The molecule has 0 aliphatic carbocycles. The molecule has 1 aliphatic rings. The highest BCUT2D eigenvalue weighted by Gasteiger charge is 2.27. The van der Waals surface area contributed by atoms with Crippen LogP contribution in [0, 0.1) is 6.92 Å². The largest absolute Gasteiger partial charge is 0.497 e. The van der Waals surface area contributed by atoms with Crippen LogP contribution in [0.1, 0.15) is 18.4 Å². The van der Waals surface area contributed by atoms with Crippen molar-refractivity contribution < 1.29 is 17.9 Å². The van der Waals surface area contributed by atoms with Crippen molar-refractivity contribution in [2.24, 2.45) is 0 Å². The van der Waals surface area contributed by atoms with Crippen LogP contribution in [0.5, 0.6) is 5.75 Å². The number of anilines is 1. The number of thioether (sulfide) groups is 1. The number of methoxy groups -OCH3 is 1. The number of ether oxygens (including phenoxy) is 1. The van der Waals surface area contributed by atoms with Gasteiger partial charge in [-0.25, -0.2) is 8.42 Å². The lowest BCUT2D eigenvalue weighted by Crippen LogP contribution is -2.27. The molecule has 2 aromatic carbocycles. The molecular formula is C24H25N5O4S2. The fourth-order valence-electron chi connectivity index (χ4n) is 4.21. The summed E-state index contributed by atoms with van der Waals surface area (Å²) >= 11 is 1.28. The van der Waals surface area contributed by atoms with Crippen molar-refractivity contribution in [3.63, 3.8) is 0 Å². The van der Waals surface area contributed by atoms with E-state index in [1.807, 2.05) is 35.6 Å². The molecule has 0 bridgehead atoms. The van der Waals surface area contributed by atoms with Crippen LogP contribution in [-0.4, -0.2) is 59.2 Å². The number of nitrogens with one attached hydrogen (secondary N) is 1. The maximum absolute atomic E-state index is 12.7. The lowest BCUT2D eigenvalue weighted by molar-refractivity contribution is -0.113. The smallest absolute Gasteiger partial charge is 0.243 e. The highest BCUT2D eigenvalue weighted by atomic mass is 32.2. The summed E-state index contributed by atoms with van der Waals surface area (Å²) in [6.45, 7) is 3.08. The van der Waals surface area contributed by atoms with Crippen molar-refractivity contribution in [3.05, 3.63) is 54.1 Å². The van der Waals surface area contributed by atoms with Crippen molar-refractivity contribution in [3.8, 4) is 5.75 Å². The number of aromatic nitrogens is 3. The fourth-order valence-corrected chi connectivity index (χ4v) is 6.48. The molecule has 2 aromatic heterocycles. The Hall–Kier alpha value is -3.15. The summed E-state index contributed by atoms with van der Waals surface area (Å²) in [7, 11) is -1.86. The topological polar surface area (TPSA) is 106 Å². The number of aryl methyl sites for hydroxylation is 1. The molecule has 11 heteroatoms. The summed E-state index contributed by atoms with van der Waals surface area (Å²) in [4.78, 5) is 12.9. The quantitative estimate of drug-likeness (QED) is 0.377. The van der Waals surface area contributed by atoms with Gasteiger partial charge in [-0.3, -0.25) is 9.20 Å². The van der Waals surface area contributed by atoms with Crippen molar-refractivity contribution in [1.82, 2.24) is 18.9 Å². The number of sulfonamides is 1. The number of fused-ring (bicyclic) bond motifs is 3. The molecule has 0 saturated carbocycles. The third kappa shape index (κ3) is 4.58. The van der Waals surface area contributed by atoms with E-state index in [1.54, 1.807) is 19.2 Å². The molecule has 1 fully saturated rings. The summed E-state index contributed by atoms with van der Waals surface area (Å²) in [5, 5.41) is 13.1. The summed E-state index contributed by atoms with van der Waals surface area (Å²) in [6.07, 6.45) is 1.77. The maximum atomic E-state index is 12.7. The first-order valence-electron chi connectivity index (χ1n) is 11.2. The number of hydrogen-bond donors (Lipinski definition) is 1. The minimum absolute atomic E-state index is 0.119. The first kappa shape index (κ1) is 23.6. The number of nitrogens with zero attached hydrogens (tertiary/aromatic N) is 4. The molecule has 182 valence electrons. The van der Waals surface area contributed by atoms with Crippen LogP contribution >= 0.6 is 11.8 Å². The lowest BCUT2D eigenvalue weighted by Gasteiger charge is -2.15.